The lowest BCUT2D eigenvalue weighted by Crippen LogP contribution is -2.59. The Kier molecular flexibility index (Phi) is 4.48. The summed E-state index contributed by atoms with van der Waals surface area (Å²) in [5.41, 5.74) is -0.413. The molecule has 32 heavy (non-hydrogen) atoms. The van der Waals surface area contributed by atoms with Gasteiger partial charge in [-0.05, 0) is 38.0 Å². The molecule has 1 aliphatic heterocycles. The topological polar surface area (TPSA) is 59.0 Å². The third-order valence-corrected chi connectivity index (χ3v) is 6.00. The zero-order chi connectivity index (χ0) is 22.7. The summed E-state index contributed by atoms with van der Waals surface area (Å²) in [6.45, 7) is 2.64. The average molecular weight is 438 g/mol. The second-order valence-corrected chi connectivity index (χ2v) is 8.51. The molecule has 164 valence electrons. The smallest absolute Gasteiger partial charge is 0.312 e. The van der Waals surface area contributed by atoms with E-state index in [2.05, 4.69) is 27.6 Å². The maximum absolute atomic E-state index is 15.2. The van der Waals surface area contributed by atoms with Crippen molar-refractivity contribution in [3.63, 3.8) is 0 Å². The molecule has 5 nitrogen and oxygen atoms in total. The van der Waals surface area contributed by atoms with E-state index in [1.54, 1.807) is 4.68 Å². The van der Waals surface area contributed by atoms with E-state index >= 15 is 4.39 Å². The molecule has 1 aliphatic carbocycles. The van der Waals surface area contributed by atoms with Crippen LogP contribution in [0.25, 0.3) is 10.9 Å². The number of hydrogen-bond acceptors (Lipinski definition) is 2. The van der Waals surface area contributed by atoms with Crippen LogP contribution in [0.15, 0.2) is 36.4 Å². The molecule has 3 aromatic rings. The van der Waals surface area contributed by atoms with Crippen LogP contribution in [0.2, 0.25) is 0 Å². The van der Waals surface area contributed by atoms with Gasteiger partial charge in [0, 0.05) is 35.0 Å². The van der Waals surface area contributed by atoms with Crippen molar-refractivity contribution in [3.8, 4) is 11.8 Å². The van der Waals surface area contributed by atoms with E-state index in [9.17, 15) is 13.6 Å². The van der Waals surface area contributed by atoms with Gasteiger partial charge in [0.15, 0.2) is 5.54 Å². The summed E-state index contributed by atoms with van der Waals surface area (Å²) in [5.74, 6) is 1.34. The number of carbonyl (C=O) groups is 1. The maximum atomic E-state index is 15.2. The second-order valence-electron chi connectivity index (χ2n) is 8.51. The first-order valence-electron chi connectivity index (χ1n) is 10.4. The van der Waals surface area contributed by atoms with Gasteiger partial charge in [-0.3, -0.25) is 4.68 Å². The Bertz CT molecular complexity index is 1310. The van der Waals surface area contributed by atoms with Crippen molar-refractivity contribution in [2.75, 3.05) is 5.32 Å². The number of hydrogen-bond donors (Lipinski definition) is 2. The van der Waals surface area contributed by atoms with Crippen LogP contribution in [0, 0.1) is 30.5 Å². The van der Waals surface area contributed by atoms with Crippen LogP contribution in [0.4, 0.5) is 23.7 Å². The molecule has 5 rings (SSSR count). The molecule has 0 radical (unpaired) electrons. The summed E-state index contributed by atoms with van der Waals surface area (Å²) in [7, 11) is 0. The SMILES string of the molecule is Cc1nn(Cc2cc3c(cc2F)[C@@](C#CC2CC2)(C(C)(F)F)NC(=O)N3)c2ccccc12. The highest BCUT2D eigenvalue weighted by Gasteiger charge is 2.55. The normalized spacial score (nSPS) is 20.2. The van der Waals surface area contributed by atoms with Gasteiger partial charge in [-0.2, -0.15) is 5.10 Å². The van der Waals surface area contributed by atoms with Gasteiger partial charge in [0.05, 0.1) is 17.8 Å². The molecule has 2 aliphatic rings. The molecule has 1 fully saturated rings. The Morgan fingerprint density at radius 3 is 2.75 bits per heavy atom. The van der Waals surface area contributed by atoms with Crippen molar-refractivity contribution in [2.45, 2.75) is 44.7 Å². The van der Waals surface area contributed by atoms with E-state index in [4.69, 9.17) is 0 Å². The first-order chi connectivity index (χ1) is 15.2. The van der Waals surface area contributed by atoms with Crippen LogP contribution in [0.1, 0.15) is 36.6 Å². The summed E-state index contributed by atoms with van der Waals surface area (Å²) >= 11 is 0. The number of alkyl halides is 2. The fraction of sp³-hybridized carbons (Fsp3) is 0.333. The Labute approximate surface area is 183 Å². The van der Waals surface area contributed by atoms with Gasteiger partial charge in [-0.25, -0.2) is 18.0 Å². The second kappa shape index (κ2) is 7.02. The van der Waals surface area contributed by atoms with Gasteiger partial charge in [-0.1, -0.05) is 30.0 Å². The van der Waals surface area contributed by atoms with Crippen LogP contribution in [0.5, 0.6) is 0 Å². The van der Waals surface area contributed by atoms with E-state index in [-0.39, 0.29) is 29.3 Å². The number of aryl methyl sites for hydroxylation is 1. The summed E-state index contributed by atoms with van der Waals surface area (Å²) in [5, 5.41) is 10.2. The number of anilines is 1. The lowest BCUT2D eigenvalue weighted by molar-refractivity contribution is -0.0465. The van der Waals surface area contributed by atoms with Gasteiger partial charge in [0.1, 0.15) is 5.82 Å². The molecule has 0 unspecified atom stereocenters. The van der Waals surface area contributed by atoms with Gasteiger partial charge in [-0.15, -0.1) is 0 Å². The van der Waals surface area contributed by atoms with Crippen LogP contribution in [-0.2, 0) is 12.1 Å². The molecular formula is C24H21F3N4O. The molecule has 2 aromatic carbocycles. The van der Waals surface area contributed by atoms with Crippen molar-refractivity contribution in [1.82, 2.24) is 15.1 Å². The Morgan fingerprint density at radius 2 is 2.03 bits per heavy atom. The lowest BCUT2D eigenvalue weighted by Gasteiger charge is -2.40. The first kappa shape index (κ1) is 20.4. The van der Waals surface area contributed by atoms with E-state index in [1.807, 2.05) is 31.2 Å². The molecule has 0 spiro atoms. The standard InChI is InChI=1S/C24H21F3N4O/c1-14-17-5-3-4-6-21(17)31(30-14)13-16-11-20-18(12-19(16)25)24(23(2,26)27,29-22(32)28-20)10-9-15-7-8-15/h3-6,11-12,15H,7-8,13H2,1-2H3,(H2,28,29,32)/t24-/m0/s1. The number of carbonyl (C=O) groups excluding carboxylic acids is 1. The summed E-state index contributed by atoms with van der Waals surface area (Å²) < 4.78 is 46.6. The number of nitrogens with zero attached hydrogens (tertiary/aromatic N) is 2. The zero-order valence-electron chi connectivity index (χ0n) is 17.6. The van der Waals surface area contributed by atoms with Crippen LogP contribution < -0.4 is 10.6 Å². The monoisotopic (exact) mass is 438 g/mol. The number of benzene rings is 2. The number of nitrogens with one attached hydrogen (secondary N) is 2. The molecule has 8 heteroatoms. The van der Waals surface area contributed by atoms with E-state index < -0.39 is 23.3 Å². The van der Waals surface area contributed by atoms with Crippen LogP contribution >= 0.6 is 0 Å². The highest BCUT2D eigenvalue weighted by Crippen LogP contribution is 2.44. The van der Waals surface area contributed by atoms with E-state index in [0.29, 0.717) is 6.92 Å². The molecule has 1 aromatic heterocycles. The highest BCUT2D eigenvalue weighted by molar-refractivity contribution is 5.95. The molecule has 1 atom stereocenters. The van der Waals surface area contributed by atoms with Gasteiger partial charge in [0.25, 0.3) is 5.92 Å². The molecule has 0 bridgehead atoms. The fourth-order valence-corrected chi connectivity index (χ4v) is 4.11. The predicted molar refractivity (Wildman–Crippen MR) is 115 cm³/mol. The summed E-state index contributed by atoms with van der Waals surface area (Å²) in [6.07, 6.45) is 1.67. The van der Waals surface area contributed by atoms with E-state index in [0.717, 1.165) is 35.5 Å². The van der Waals surface area contributed by atoms with Crippen molar-refractivity contribution < 1.29 is 18.0 Å². The number of aromatic nitrogens is 2. The molecular weight excluding hydrogens is 417 g/mol. The first-order valence-corrected chi connectivity index (χ1v) is 10.4. The average Bonchev–Trinajstić information content (AvgIpc) is 3.51. The van der Waals surface area contributed by atoms with E-state index in [1.165, 1.54) is 6.07 Å². The lowest BCUT2D eigenvalue weighted by atomic mass is 9.81. The molecule has 0 saturated heterocycles. The van der Waals surface area contributed by atoms with Crippen molar-refractivity contribution in [2.24, 2.45) is 5.92 Å². The molecule has 2 N–H and O–H groups in total. The third kappa shape index (κ3) is 3.29. The van der Waals surface area contributed by atoms with Gasteiger partial charge >= 0.3 is 6.03 Å². The van der Waals surface area contributed by atoms with Crippen LogP contribution in [-0.4, -0.2) is 21.7 Å². The number of para-hydroxylation sites is 1. The third-order valence-electron chi connectivity index (χ3n) is 6.00. The number of halogens is 3. The Balaban J connectivity index is 1.62. The zero-order valence-corrected chi connectivity index (χ0v) is 17.6. The quantitative estimate of drug-likeness (QED) is 0.570. The van der Waals surface area contributed by atoms with Gasteiger partial charge in [0.2, 0.25) is 0 Å². The Hall–Kier alpha value is -3.47. The highest BCUT2D eigenvalue weighted by atomic mass is 19.3. The minimum absolute atomic E-state index is 0.0323. The predicted octanol–water partition coefficient (Wildman–Crippen LogP) is 4.93. The molecule has 2 amide bonds. The van der Waals surface area contributed by atoms with Gasteiger partial charge < -0.3 is 10.6 Å². The molecule has 1 saturated carbocycles. The number of amides is 2. The largest absolute Gasteiger partial charge is 0.320 e. The minimum atomic E-state index is -3.44. The molecule has 2 heterocycles. The number of urea groups is 1. The van der Waals surface area contributed by atoms with Crippen molar-refractivity contribution >= 4 is 22.6 Å². The Morgan fingerprint density at radius 1 is 1.28 bits per heavy atom. The maximum Gasteiger partial charge on any atom is 0.320 e. The fourth-order valence-electron chi connectivity index (χ4n) is 4.11. The number of fused-ring (bicyclic) bond motifs is 2. The number of rotatable bonds is 3. The summed E-state index contributed by atoms with van der Waals surface area (Å²) in [4.78, 5) is 12.3. The summed E-state index contributed by atoms with van der Waals surface area (Å²) in [6, 6.07) is 9.22. The van der Waals surface area contributed by atoms with Crippen molar-refractivity contribution in [3.05, 3.63) is 59.0 Å². The van der Waals surface area contributed by atoms with Crippen LogP contribution in [0.3, 0.4) is 0 Å². The van der Waals surface area contributed by atoms with Crippen molar-refractivity contribution in [1.29, 1.82) is 0 Å². The minimum Gasteiger partial charge on any atom is -0.312 e.